The van der Waals surface area contributed by atoms with Gasteiger partial charge in [0.2, 0.25) is 0 Å². The zero-order chi connectivity index (χ0) is 22.2. The molecule has 0 atom stereocenters. The second-order valence-electron chi connectivity index (χ2n) is 8.47. The highest BCUT2D eigenvalue weighted by atomic mass is 16.2. The number of nitrogens with zero attached hydrogens (tertiary/aromatic N) is 2. The van der Waals surface area contributed by atoms with Crippen LogP contribution in [0.15, 0.2) is 65.6 Å². The van der Waals surface area contributed by atoms with Crippen LogP contribution in [0, 0.1) is 6.92 Å². The van der Waals surface area contributed by atoms with Gasteiger partial charge in [-0.05, 0) is 63.6 Å². The smallest absolute Gasteiger partial charge is 0.328 e. The summed E-state index contributed by atoms with van der Waals surface area (Å²) in [5, 5.41) is 6.31. The number of hydrogen-bond acceptors (Lipinski definition) is 4. The van der Waals surface area contributed by atoms with E-state index in [1.165, 1.54) is 0 Å². The molecule has 0 aliphatic rings. The first-order valence-electron chi connectivity index (χ1n) is 10.1. The van der Waals surface area contributed by atoms with Gasteiger partial charge < -0.3 is 15.6 Å². The fourth-order valence-electron chi connectivity index (χ4n) is 3.50. The number of anilines is 3. The van der Waals surface area contributed by atoms with E-state index in [-0.39, 0.29) is 11.6 Å². The van der Waals surface area contributed by atoms with Crippen LogP contribution in [0.3, 0.4) is 0 Å². The molecule has 0 bridgehead atoms. The summed E-state index contributed by atoms with van der Waals surface area (Å²) in [4.78, 5) is 32.4. The summed E-state index contributed by atoms with van der Waals surface area (Å²) < 4.78 is 1.65. The number of imidazole rings is 1. The largest absolute Gasteiger partial charge is 0.353 e. The lowest BCUT2D eigenvalue weighted by molar-refractivity contribution is 0.102. The van der Waals surface area contributed by atoms with Crippen LogP contribution in [0.5, 0.6) is 0 Å². The number of aromatic amines is 1. The Bertz CT molecular complexity index is 1310. The quantitative estimate of drug-likeness (QED) is 0.447. The maximum atomic E-state index is 12.6. The van der Waals surface area contributed by atoms with Gasteiger partial charge in [-0.1, -0.05) is 24.3 Å². The van der Waals surface area contributed by atoms with Crippen LogP contribution < -0.4 is 16.3 Å². The van der Waals surface area contributed by atoms with Gasteiger partial charge in [0.15, 0.2) is 5.65 Å². The number of hydrogen-bond donors (Lipinski definition) is 3. The average Bonchev–Trinajstić information content (AvgIpc) is 3.08. The molecule has 0 spiro atoms. The number of rotatable bonds is 4. The van der Waals surface area contributed by atoms with E-state index in [1.807, 2.05) is 70.2 Å². The monoisotopic (exact) mass is 415 g/mol. The topological polar surface area (TPSA) is 91.8 Å². The summed E-state index contributed by atoms with van der Waals surface area (Å²) in [7, 11) is 0. The van der Waals surface area contributed by atoms with Crippen molar-refractivity contribution in [3.05, 3.63) is 82.4 Å². The molecule has 31 heavy (non-hydrogen) atoms. The van der Waals surface area contributed by atoms with Crippen molar-refractivity contribution in [1.82, 2.24) is 14.5 Å². The Hall–Kier alpha value is -3.87. The molecule has 0 unspecified atom stereocenters. The van der Waals surface area contributed by atoms with Gasteiger partial charge in [-0.25, -0.2) is 9.78 Å². The molecule has 7 nitrogen and oxygen atoms in total. The minimum Gasteiger partial charge on any atom is -0.353 e. The van der Waals surface area contributed by atoms with Crippen molar-refractivity contribution in [3.8, 4) is 0 Å². The molecular weight excluding hydrogens is 390 g/mol. The molecule has 0 fully saturated rings. The lowest BCUT2D eigenvalue weighted by Gasteiger charge is -2.20. The van der Waals surface area contributed by atoms with Gasteiger partial charge in [0.05, 0.1) is 5.69 Å². The molecule has 3 N–H and O–H groups in total. The maximum absolute atomic E-state index is 12.6. The van der Waals surface area contributed by atoms with Crippen LogP contribution in [0.4, 0.5) is 17.1 Å². The number of nitrogens with one attached hydrogen (secondary N) is 3. The van der Waals surface area contributed by atoms with Gasteiger partial charge in [-0.2, -0.15) is 0 Å². The molecule has 2 aromatic carbocycles. The molecule has 0 saturated heterocycles. The molecule has 158 valence electrons. The van der Waals surface area contributed by atoms with Crippen molar-refractivity contribution in [2.24, 2.45) is 0 Å². The first-order chi connectivity index (χ1) is 14.7. The third-order valence-electron chi connectivity index (χ3n) is 5.05. The molecule has 1 amide bonds. The van der Waals surface area contributed by atoms with Gasteiger partial charge >= 0.3 is 5.69 Å². The van der Waals surface area contributed by atoms with E-state index in [4.69, 9.17) is 0 Å². The Morgan fingerprint density at radius 1 is 1.03 bits per heavy atom. The lowest BCUT2D eigenvalue weighted by Crippen LogP contribution is -2.32. The number of pyridine rings is 1. The Labute approximate surface area is 180 Å². The van der Waals surface area contributed by atoms with Gasteiger partial charge in [-0.15, -0.1) is 0 Å². The van der Waals surface area contributed by atoms with Crippen LogP contribution in [0.1, 0.15) is 36.7 Å². The summed E-state index contributed by atoms with van der Waals surface area (Å²) >= 11 is 0. The van der Waals surface area contributed by atoms with E-state index in [0.29, 0.717) is 22.4 Å². The number of carbonyl (C=O) groups is 1. The molecule has 4 rings (SSSR count). The first kappa shape index (κ1) is 20.4. The minimum atomic E-state index is -0.404. The van der Waals surface area contributed by atoms with Crippen molar-refractivity contribution >= 4 is 34.1 Å². The number of H-pyrrole nitrogens is 1. The van der Waals surface area contributed by atoms with Crippen LogP contribution in [0.2, 0.25) is 0 Å². The predicted octanol–water partition coefficient (Wildman–Crippen LogP) is 4.78. The zero-order valence-electron chi connectivity index (χ0n) is 18.0. The number of benzene rings is 2. The summed E-state index contributed by atoms with van der Waals surface area (Å²) in [5.74, 6) is -0.173. The van der Waals surface area contributed by atoms with Crippen LogP contribution in [-0.2, 0) is 5.54 Å². The Morgan fingerprint density at radius 2 is 1.77 bits per heavy atom. The van der Waals surface area contributed by atoms with Crippen molar-refractivity contribution in [3.63, 3.8) is 0 Å². The van der Waals surface area contributed by atoms with E-state index in [0.717, 1.165) is 16.9 Å². The third-order valence-corrected chi connectivity index (χ3v) is 5.05. The molecule has 0 aliphatic carbocycles. The number of carbonyl (C=O) groups excluding carboxylic acids is 1. The number of aromatic nitrogens is 3. The highest BCUT2D eigenvalue weighted by Crippen LogP contribution is 2.29. The summed E-state index contributed by atoms with van der Waals surface area (Å²) in [6.07, 6.45) is 1.68. The van der Waals surface area contributed by atoms with E-state index in [1.54, 1.807) is 22.9 Å². The normalized spacial score (nSPS) is 11.5. The molecule has 2 heterocycles. The Morgan fingerprint density at radius 3 is 2.48 bits per heavy atom. The van der Waals surface area contributed by atoms with Crippen molar-refractivity contribution in [2.75, 3.05) is 10.6 Å². The molecule has 7 heteroatoms. The maximum Gasteiger partial charge on any atom is 0.328 e. The molecule has 2 aromatic heterocycles. The van der Waals surface area contributed by atoms with E-state index in [9.17, 15) is 9.59 Å². The standard InChI is InChI=1S/C24H25N5O2/c1-15-10-11-17(26-22(30)16-8-6-5-7-9-16)14-19(15)27-18-12-13-25-21-20(18)28-23(31)29(21)24(2,3)4/h5-14H,1-4H3,(H,25,27)(H,26,30)(H,28,31). The van der Waals surface area contributed by atoms with E-state index < -0.39 is 5.54 Å². The third kappa shape index (κ3) is 4.07. The molecular formula is C24H25N5O2. The van der Waals surface area contributed by atoms with Gasteiger partial charge in [0, 0.05) is 28.7 Å². The Kier molecular flexibility index (Phi) is 5.10. The first-order valence-corrected chi connectivity index (χ1v) is 10.1. The molecule has 0 aliphatic heterocycles. The van der Waals surface area contributed by atoms with Crippen LogP contribution in [0.25, 0.3) is 11.2 Å². The van der Waals surface area contributed by atoms with Crippen molar-refractivity contribution in [2.45, 2.75) is 33.2 Å². The van der Waals surface area contributed by atoms with Crippen LogP contribution in [-0.4, -0.2) is 20.4 Å². The fourth-order valence-corrected chi connectivity index (χ4v) is 3.50. The predicted molar refractivity (Wildman–Crippen MR) is 124 cm³/mol. The summed E-state index contributed by atoms with van der Waals surface area (Å²) in [6.45, 7) is 7.87. The molecule has 0 radical (unpaired) electrons. The number of aryl methyl sites for hydroxylation is 1. The van der Waals surface area contributed by atoms with Crippen molar-refractivity contribution in [1.29, 1.82) is 0 Å². The lowest BCUT2D eigenvalue weighted by atomic mass is 10.1. The van der Waals surface area contributed by atoms with Crippen LogP contribution >= 0.6 is 0 Å². The minimum absolute atomic E-state index is 0.173. The highest BCUT2D eigenvalue weighted by Gasteiger charge is 2.21. The Balaban J connectivity index is 1.67. The van der Waals surface area contributed by atoms with Crippen molar-refractivity contribution < 1.29 is 4.79 Å². The van der Waals surface area contributed by atoms with Gasteiger partial charge in [0.25, 0.3) is 5.91 Å². The molecule has 0 saturated carbocycles. The van der Waals surface area contributed by atoms with Gasteiger partial charge in [-0.3, -0.25) is 9.36 Å². The van der Waals surface area contributed by atoms with E-state index >= 15 is 0 Å². The highest BCUT2D eigenvalue weighted by molar-refractivity contribution is 6.04. The fraction of sp³-hybridized carbons (Fsp3) is 0.208. The van der Waals surface area contributed by atoms with E-state index in [2.05, 4.69) is 20.6 Å². The second-order valence-corrected chi connectivity index (χ2v) is 8.47. The zero-order valence-corrected chi connectivity index (χ0v) is 18.0. The summed E-state index contributed by atoms with van der Waals surface area (Å²) in [6, 6.07) is 16.6. The second kappa shape index (κ2) is 7.75. The summed E-state index contributed by atoms with van der Waals surface area (Å²) in [5.41, 5.74) is 4.45. The molecule has 4 aromatic rings. The van der Waals surface area contributed by atoms with Gasteiger partial charge in [0.1, 0.15) is 5.52 Å². The SMILES string of the molecule is Cc1ccc(NC(=O)c2ccccc2)cc1Nc1ccnc2c1[nH]c(=O)n2C(C)(C)C. The number of amides is 1. The number of fused-ring (bicyclic) bond motifs is 1. The average molecular weight is 415 g/mol.